The number of aliphatic imine (C=N–C) groups is 1. The van der Waals surface area contributed by atoms with E-state index in [4.69, 9.17) is 4.99 Å². The molecule has 0 fully saturated rings. The molecule has 0 saturated heterocycles. The highest BCUT2D eigenvalue weighted by Crippen LogP contribution is 2.44. The molecule has 11 aromatic rings. The van der Waals surface area contributed by atoms with Gasteiger partial charge in [0.2, 0.25) is 0 Å². The van der Waals surface area contributed by atoms with E-state index >= 15 is 0 Å². The van der Waals surface area contributed by atoms with Gasteiger partial charge in [0.15, 0.2) is 0 Å². The summed E-state index contributed by atoms with van der Waals surface area (Å²) in [6.45, 7) is 2.31. The van der Waals surface area contributed by atoms with Crippen LogP contribution < -0.4 is 0 Å². The van der Waals surface area contributed by atoms with Crippen LogP contribution in [0.4, 0.5) is 0 Å². The number of rotatable bonds is 6. The third-order valence-electron chi connectivity index (χ3n) is 12.9. The summed E-state index contributed by atoms with van der Waals surface area (Å²) in [6.07, 6.45) is 3.36. The number of aromatic nitrogens is 2. The zero-order valence-electron chi connectivity index (χ0n) is 33.3. The van der Waals surface area contributed by atoms with E-state index in [1.807, 2.05) is 0 Å². The summed E-state index contributed by atoms with van der Waals surface area (Å²) < 4.78 is 4.98. The number of allylic oxidation sites excluding steroid dienone is 1. The van der Waals surface area contributed by atoms with Crippen molar-refractivity contribution < 1.29 is 0 Å². The molecule has 0 spiro atoms. The molecule has 3 heterocycles. The molecule has 60 heavy (non-hydrogen) atoms. The van der Waals surface area contributed by atoms with E-state index in [2.05, 4.69) is 222 Å². The van der Waals surface area contributed by atoms with Crippen LogP contribution in [0.3, 0.4) is 0 Å². The summed E-state index contributed by atoms with van der Waals surface area (Å²) in [5, 5.41) is 9.96. The fourth-order valence-corrected chi connectivity index (χ4v) is 10.2. The van der Waals surface area contributed by atoms with Gasteiger partial charge in [-0.3, -0.25) is 4.99 Å². The van der Waals surface area contributed by atoms with Crippen molar-refractivity contribution in [3.63, 3.8) is 0 Å². The van der Waals surface area contributed by atoms with Crippen LogP contribution in [0.15, 0.2) is 211 Å². The summed E-state index contributed by atoms with van der Waals surface area (Å²) in [5.41, 5.74) is 12.9. The molecule has 12 rings (SSSR count). The maximum absolute atomic E-state index is 5.60. The first-order chi connectivity index (χ1) is 29.7. The minimum absolute atomic E-state index is 0.186. The van der Waals surface area contributed by atoms with Crippen molar-refractivity contribution in [2.75, 3.05) is 0 Å². The Balaban J connectivity index is 1.17. The summed E-state index contributed by atoms with van der Waals surface area (Å²) in [7, 11) is 0. The van der Waals surface area contributed by atoms with Crippen molar-refractivity contribution in [3.05, 3.63) is 223 Å². The van der Waals surface area contributed by atoms with Gasteiger partial charge in [-0.25, -0.2) is 0 Å². The summed E-state index contributed by atoms with van der Waals surface area (Å²) in [6, 6.07) is 73.4. The molecule has 2 aromatic heterocycles. The number of benzene rings is 9. The first kappa shape index (κ1) is 34.5. The Labute approximate surface area is 348 Å². The molecule has 2 atom stereocenters. The monoisotopic (exact) mass is 767 g/mol. The minimum atomic E-state index is 0.186. The zero-order valence-corrected chi connectivity index (χ0v) is 33.3. The Morgan fingerprint density at radius 1 is 0.450 bits per heavy atom. The molecule has 1 aliphatic rings. The second-order valence-corrected chi connectivity index (χ2v) is 16.2. The van der Waals surface area contributed by atoms with E-state index in [1.54, 1.807) is 0 Å². The molecule has 284 valence electrons. The van der Waals surface area contributed by atoms with E-state index in [9.17, 15) is 0 Å². The highest BCUT2D eigenvalue weighted by atomic mass is 15.0. The fourth-order valence-electron chi connectivity index (χ4n) is 10.2. The Hall–Kier alpha value is -7.49. The van der Waals surface area contributed by atoms with E-state index in [-0.39, 0.29) is 11.8 Å². The van der Waals surface area contributed by atoms with Crippen molar-refractivity contribution in [3.8, 4) is 11.4 Å². The van der Waals surface area contributed by atoms with Gasteiger partial charge in [0.1, 0.15) is 0 Å². The van der Waals surface area contributed by atoms with Crippen LogP contribution >= 0.6 is 0 Å². The Bertz CT molecular complexity index is 3520. The maximum Gasteiger partial charge on any atom is 0.0672 e. The predicted molar refractivity (Wildman–Crippen MR) is 254 cm³/mol. The zero-order chi connectivity index (χ0) is 39.7. The van der Waals surface area contributed by atoms with Gasteiger partial charge in [0.25, 0.3) is 0 Å². The molecule has 1 aliphatic heterocycles. The normalized spacial score (nSPS) is 15.7. The van der Waals surface area contributed by atoms with Crippen LogP contribution in [-0.4, -0.2) is 14.8 Å². The SMILES string of the molecule is CCC1C(c2cc(-n3c4ccccc4c4cc5c6c7ccccc7ccc6n(-c6ccccc6)c5cc43)c3ccccc3c2)=NC(c2ccccc2)=CC1c1ccccc1. The number of nitrogens with zero attached hydrogens (tertiary/aromatic N) is 3. The Morgan fingerprint density at radius 2 is 1.10 bits per heavy atom. The smallest absolute Gasteiger partial charge is 0.0672 e. The predicted octanol–water partition coefficient (Wildman–Crippen LogP) is 14.8. The van der Waals surface area contributed by atoms with Gasteiger partial charge >= 0.3 is 0 Å². The van der Waals surface area contributed by atoms with E-state index in [0.29, 0.717) is 0 Å². The van der Waals surface area contributed by atoms with Gasteiger partial charge in [-0.15, -0.1) is 0 Å². The molecule has 3 nitrogen and oxygen atoms in total. The number of hydrogen-bond acceptors (Lipinski definition) is 1. The Kier molecular flexibility index (Phi) is 7.96. The molecule has 3 heteroatoms. The van der Waals surface area contributed by atoms with Gasteiger partial charge in [0.05, 0.1) is 39.2 Å². The van der Waals surface area contributed by atoms with Crippen molar-refractivity contribution in [2.45, 2.75) is 19.3 Å². The van der Waals surface area contributed by atoms with Gasteiger partial charge < -0.3 is 9.13 Å². The van der Waals surface area contributed by atoms with E-state index in [0.717, 1.165) is 40.3 Å². The standard InChI is InChI=1S/C57H41N3/c1-2-43-47(37-18-6-3-7-19-37)35-50(39-21-8-4-9-22-39)58-57(43)41-32-40-23-13-14-26-44(40)53(33-41)60-51-29-17-16-28-46(51)48-34-49-55(36-54(48)60)59(42-24-10-5-11-25-42)52-31-30-38-20-12-15-27-45(38)56(49)52/h3-36,43,47H,2H2,1H3. The van der Waals surface area contributed by atoms with Gasteiger partial charge in [-0.1, -0.05) is 159 Å². The number of fused-ring (bicyclic) bond motifs is 9. The molecule has 0 amide bonds. The van der Waals surface area contributed by atoms with Crippen molar-refractivity contribution in [1.82, 2.24) is 9.13 Å². The van der Waals surface area contributed by atoms with Crippen LogP contribution in [0.1, 0.15) is 36.0 Å². The van der Waals surface area contributed by atoms with Crippen molar-refractivity contribution >= 4 is 76.6 Å². The topological polar surface area (TPSA) is 22.2 Å². The molecule has 0 radical (unpaired) electrons. The molecule has 9 aromatic carbocycles. The van der Waals surface area contributed by atoms with Gasteiger partial charge in [-0.05, 0) is 93.9 Å². The van der Waals surface area contributed by atoms with Gasteiger partial charge in [0, 0.05) is 44.5 Å². The third-order valence-corrected chi connectivity index (χ3v) is 12.9. The van der Waals surface area contributed by atoms with Crippen LogP contribution in [0.25, 0.3) is 82.2 Å². The largest absolute Gasteiger partial charge is 0.309 e. The summed E-state index contributed by atoms with van der Waals surface area (Å²) >= 11 is 0. The van der Waals surface area contributed by atoms with Crippen LogP contribution in [0, 0.1) is 5.92 Å². The van der Waals surface area contributed by atoms with Crippen LogP contribution in [0.5, 0.6) is 0 Å². The van der Waals surface area contributed by atoms with E-state index in [1.165, 1.54) is 70.7 Å². The highest BCUT2D eigenvalue weighted by molar-refractivity contribution is 6.25. The molecule has 0 N–H and O–H groups in total. The maximum atomic E-state index is 5.60. The quantitative estimate of drug-likeness (QED) is 0.161. The van der Waals surface area contributed by atoms with E-state index < -0.39 is 0 Å². The van der Waals surface area contributed by atoms with Crippen LogP contribution in [0.2, 0.25) is 0 Å². The molecule has 0 aliphatic carbocycles. The lowest BCUT2D eigenvalue weighted by atomic mass is 9.76. The Morgan fingerprint density at radius 3 is 1.88 bits per heavy atom. The number of hydrogen-bond donors (Lipinski definition) is 0. The first-order valence-electron chi connectivity index (χ1n) is 21.1. The molecular weight excluding hydrogens is 727 g/mol. The fraction of sp³-hybridized carbons (Fsp3) is 0.0702. The second kappa shape index (κ2) is 13.8. The average Bonchev–Trinajstić information content (AvgIpc) is 3.82. The number of para-hydroxylation sites is 2. The molecule has 0 saturated carbocycles. The second-order valence-electron chi connectivity index (χ2n) is 16.2. The van der Waals surface area contributed by atoms with Gasteiger partial charge in [-0.2, -0.15) is 0 Å². The molecular formula is C57H41N3. The lowest BCUT2D eigenvalue weighted by molar-refractivity contribution is 0.593. The lowest BCUT2D eigenvalue weighted by Crippen LogP contribution is -2.25. The van der Waals surface area contributed by atoms with Crippen LogP contribution in [-0.2, 0) is 0 Å². The van der Waals surface area contributed by atoms with Crippen molar-refractivity contribution in [2.24, 2.45) is 10.9 Å². The minimum Gasteiger partial charge on any atom is -0.309 e. The first-order valence-corrected chi connectivity index (χ1v) is 21.1. The summed E-state index contributed by atoms with van der Waals surface area (Å²) in [4.78, 5) is 5.60. The highest BCUT2D eigenvalue weighted by Gasteiger charge is 2.31. The summed E-state index contributed by atoms with van der Waals surface area (Å²) in [5.74, 6) is 0.384. The van der Waals surface area contributed by atoms with Crippen molar-refractivity contribution in [1.29, 1.82) is 0 Å². The lowest BCUT2D eigenvalue weighted by Gasteiger charge is -2.31. The third kappa shape index (κ3) is 5.32. The molecule has 0 bridgehead atoms. The average molecular weight is 768 g/mol. The molecule has 2 unspecified atom stereocenters.